The van der Waals surface area contributed by atoms with Crippen LogP contribution in [-0.2, 0) is 9.47 Å². The Labute approximate surface area is 281 Å². The van der Waals surface area contributed by atoms with Crippen molar-refractivity contribution < 1.29 is 13.9 Å². The quantitative estimate of drug-likeness (QED) is 0.306. The molecule has 0 radical (unpaired) electrons. The van der Waals surface area contributed by atoms with Gasteiger partial charge in [-0.2, -0.15) is 0 Å². The van der Waals surface area contributed by atoms with Gasteiger partial charge in [-0.05, 0) is 113 Å². The highest BCUT2D eigenvalue weighted by Gasteiger charge is 2.30. The molecule has 4 aliphatic rings. The van der Waals surface area contributed by atoms with Crippen LogP contribution in [0.15, 0.2) is 33.9 Å². The highest BCUT2D eigenvalue weighted by atomic mass is 19.1. The first-order valence-electron chi connectivity index (χ1n) is 18.0. The van der Waals surface area contributed by atoms with Gasteiger partial charge in [0.2, 0.25) is 0 Å². The molecule has 4 aliphatic heterocycles. The molecule has 2 aromatic carbocycles. The fraction of sp³-hybridized carbons (Fsp3) is 0.622. The molecule has 11 heteroatoms. The van der Waals surface area contributed by atoms with E-state index in [4.69, 9.17) is 9.47 Å². The Bertz CT molecular complexity index is 1700. The van der Waals surface area contributed by atoms with Crippen molar-refractivity contribution in [3.8, 4) is 0 Å². The van der Waals surface area contributed by atoms with Gasteiger partial charge in [0, 0.05) is 76.8 Å². The molecule has 0 bridgehead atoms. The number of halogens is 1. The number of nitrogens with zero attached hydrogens (tertiary/aromatic N) is 4. The largest absolute Gasteiger partial charge is 0.381 e. The average Bonchev–Trinajstić information content (AvgIpc) is 3.59. The van der Waals surface area contributed by atoms with Crippen LogP contribution in [0.2, 0.25) is 0 Å². The SMILES string of the molecule is Cc1cc2[nH]c(=O)n(C3CCN(C4CCOCC4)CC3)c2cc1C.Cc1cc2c(cc1F)[nH]c(=O)n2C1CCN(C2CCOCC2)CC1. The number of ether oxygens (including phenoxy) is 2. The molecule has 10 nitrogen and oxygen atoms in total. The standard InChI is InChI=1S/C19H27N3O2.C18H24FN3O2/c1-13-11-17-18(12-14(13)2)22(19(23)20-17)16-3-7-21(8-4-16)15-5-9-24-10-6-15;1-12-10-17-16(11-15(12)19)20-18(23)22(17)14-2-6-21(7-3-14)13-4-8-24-9-5-13/h11-12,15-16H,3-10H2,1-2H3,(H,20,23);10-11,13-14H,2-9H2,1H3,(H,20,23). The van der Waals surface area contributed by atoms with Gasteiger partial charge in [0.1, 0.15) is 5.82 Å². The van der Waals surface area contributed by atoms with Crippen LogP contribution in [0.3, 0.4) is 0 Å². The van der Waals surface area contributed by atoms with E-state index in [0.29, 0.717) is 29.2 Å². The van der Waals surface area contributed by atoms with Crippen LogP contribution in [0.4, 0.5) is 4.39 Å². The van der Waals surface area contributed by atoms with Gasteiger partial charge in [-0.15, -0.1) is 0 Å². The Kier molecular flexibility index (Phi) is 9.91. The van der Waals surface area contributed by atoms with Crippen LogP contribution in [0.25, 0.3) is 22.1 Å². The summed E-state index contributed by atoms with van der Waals surface area (Å²) < 4.78 is 28.5. The summed E-state index contributed by atoms with van der Waals surface area (Å²) in [5.41, 5.74) is 6.41. The minimum atomic E-state index is -0.273. The maximum atomic E-state index is 13.7. The van der Waals surface area contributed by atoms with Crippen LogP contribution >= 0.6 is 0 Å². The second-order valence-electron chi connectivity index (χ2n) is 14.4. The summed E-state index contributed by atoms with van der Waals surface area (Å²) >= 11 is 0. The maximum Gasteiger partial charge on any atom is 0.326 e. The summed E-state index contributed by atoms with van der Waals surface area (Å²) in [4.78, 5) is 35.9. The summed E-state index contributed by atoms with van der Waals surface area (Å²) in [5, 5.41) is 0. The molecule has 0 spiro atoms. The molecule has 4 aromatic rings. The molecule has 0 atom stereocenters. The first-order chi connectivity index (χ1) is 23.3. The molecule has 0 aliphatic carbocycles. The van der Waals surface area contributed by atoms with Crippen LogP contribution in [-0.4, -0.2) is 93.6 Å². The Morgan fingerprint density at radius 3 is 1.42 bits per heavy atom. The summed E-state index contributed by atoms with van der Waals surface area (Å²) in [6.45, 7) is 13.6. The number of imidazole rings is 2. The molecule has 2 aromatic heterocycles. The predicted molar refractivity (Wildman–Crippen MR) is 187 cm³/mol. The van der Waals surface area contributed by atoms with Gasteiger partial charge in [-0.3, -0.25) is 9.13 Å². The number of hydrogen-bond acceptors (Lipinski definition) is 6. The lowest BCUT2D eigenvalue weighted by molar-refractivity contribution is 0.0219. The number of H-pyrrole nitrogens is 2. The molecule has 2 N–H and O–H groups in total. The molecule has 4 saturated heterocycles. The van der Waals surface area contributed by atoms with Crippen molar-refractivity contribution in [3.05, 3.63) is 67.7 Å². The lowest BCUT2D eigenvalue weighted by Crippen LogP contribution is -2.45. The first kappa shape index (κ1) is 33.3. The molecule has 260 valence electrons. The van der Waals surface area contributed by atoms with E-state index in [1.807, 2.05) is 9.13 Å². The Balaban J connectivity index is 0.000000152. The molecular formula is C37H51FN6O4. The number of piperidine rings is 2. The van der Waals surface area contributed by atoms with Gasteiger partial charge in [0.05, 0.1) is 22.1 Å². The summed E-state index contributed by atoms with van der Waals surface area (Å²) in [6.07, 6.45) is 8.54. The number of fused-ring (bicyclic) bond motifs is 2. The molecular weight excluding hydrogens is 611 g/mol. The number of hydrogen-bond donors (Lipinski definition) is 2. The summed E-state index contributed by atoms with van der Waals surface area (Å²) in [7, 11) is 0. The topological polar surface area (TPSA) is 101 Å². The summed E-state index contributed by atoms with van der Waals surface area (Å²) in [6, 6.07) is 9.26. The van der Waals surface area contributed by atoms with Crippen LogP contribution in [0.1, 0.15) is 80.1 Å². The van der Waals surface area contributed by atoms with Gasteiger partial charge in [0.15, 0.2) is 0 Å². The van der Waals surface area contributed by atoms with Crippen molar-refractivity contribution in [2.24, 2.45) is 0 Å². The number of rotatable bonds is 4. The first-order valence-corrected chi connectivity index (χ1v) is 18.0. The van der Waals surface area contributed by atoms with Crippen molar-refractivity contribution in [2.75, 3.05) is 52.6 Å². The Morgan fingerprint density at radius 2 is 0.958 bits per heavy atom. The fourth-order valence-electron chi connectivity index (χ4n) is 8.48. The van der Waals surface area contributed by atoms with Crippen LogP contribution < -0.4 is 11.4 Å². The zero-order valence-electron chi connectivity index (χ0n) is 28.7. The van der Waals surface area contributed by atoms with Gasteiger partial charge in [-0.25, -0.2) is 14.0 Å². The van der Waals surface area contributed by atoms with Crippen molar-refractivity contribution in [3.63, 3.8) is 0 Å². The van der Waals surface area contributed by atoms with Crippen LogP contribution in [0.5, 0.6) is 0 Å². The molecule has 0 unspecified atom stereocenters. The molecule has 4 fully saturated rings. The average molecular weight is 663 g/mol. The zero-order valence-corrected chi connectivity index (χ0v) is 28.7. The third kappa shape index (κ3) is 6.79. The van der Waals surface area contributed by atoms with E-state index in [1.165, 1.54) is 17.2 Å². The lowest BCUT2D eigenvalue weighted by Gasteiger charge is -2.39. The van der Waals surface area contributed by atoms with E-state index >= 15 is 0 Å². The number of benzene rings is 2. The second kappa shape index (κ2) is 14.3. The van der Waals surface area contributed by atoms with Crippen molar-refractivity contribution in [1.29, 1.82) is 0 Å². The second-order valence-corrected chi connectivity index (χ2v) is 14.4. The molecule has 0 saturated carbocycles. The number of likely N-dealkylation sites (tertiary alicyclic amines) is 2. The van der Waals surface area contributed by atoms with Crippen molar-refractivity contribution in [1.82, 2.24) is 28.9 Å². The monoisotopic (exact) mass is 662 g/mol. The van der Waals surface area contributed by atoms with E-state index in [0.717, 1.165) is 121 Å². The highest BCUT2D eigenvalue weighted by molar-refractivity contribution is 5.77. The fourth-order valence-corrected chi connectivity index (χ4v) is 8.48. The number of nitrogens with one attached hydrogen (secondary N) is 2. The number of aryl methyl sites for hydroxylation is 3. The predicted octanol–water partition coefficient (Wildman–Crippen LogP) is 5.36. The minimum Gasteiger partial charge on any atom is -0.381 e. The minimum absolute atomic E-state index is 0.0412. The van der Waals surface area contributed by atoms with Crippen molar-refractivity contribution in [2.45, 2.75) is 96.3 Å². The lowest BCUT2D eigenvalue weighted by atomic mass is 9.99. The number of aromatic nitrogens is 4. The van der Waals surface area contributed by atoms with Gasteiger partial charge >= 0.3 is 11.4 Å². The van der Waals surface area contributed by atoms with Gasteiger partial charge in [-0.1, -0.05) is 0 Å². The highest BCUT2D eigenvalue weighted by Crippen LogP contribution is 2.30. The molecule has 8 rings (SSSR count). The van der Waals surface area contributed by atoms with E-state index in [9.17, 15) is 14.0 Å². The van der Waals surface area contributed by atoms with Crippen molar-refractivity contribution >= 4 is 22.1 Å². The third-order valence-corrected chi connectivity index (χ3v) is 11.5. The van der Waals surface area contributed by atoms with E-state index in [2.05, 4.69) is 45.7 Å². The molecule has 0 amide bonds. The smallest absolute Gasteiger partial charge is 0.326 e. The van der Waals surface area contributed by atoms with Gasteiger partial charge < -0.3 is 29.2 Å². The zero-order chi connectivity index (χ0) is 33.4. The van der Waals surface area contributed by atoms with Gasteiger partial charge in [0.25, 0.3) is 0 Å². The Morgan fingerprint density at radius 1 is 0.562 bits per heavy atom. The maximum absolute atomic E-state index is 13.7. The Hall–Kier alpha value is -3.25. The molecule has 48 heavy (non-hydrogen) atoms. The van der Waals surface area contributed by atoms with E-state index in [-0.39, 0.29) is 23.2 Å². The number of aromatic amines is 2. The summed E-state index contributed by atoms with van der Waals surface area (Å²) in [5.74, 6) is -0.273. The molecule has 6 heterocycles. The third-order valence-electron chi connectivity index (χ3n) is 11.5. The normalized spacial score (nSPS) is 21.6. The van der Waals surface area contributed by atoms with E-state index in [1.54, 1.807) is 13.0 Å². The van der Waals surface area contributed by atoms with E-state index < -0.39 is 0 Å². The van der Waals surface area contributed by atoms with Crippen LogP contribution in [0, 0.1) is 26.6 Å².